The molecule has 0 atom stereocenters. The molecule has 0 saturated heterocycles. The molecule has 0 aliphatic heterocycles. The summed E-state index contributed by atoms with van der Waals surface area (Å²) >= 11 is 0. The molecule has 7 heteroatoms. The first-order valence-corrected chi connectivity index (χ1v) is 9.48. The fourth-order valence-corrected chi connectivity index (χ4v) is 3.86. The van der Waals surface area contributed by atoms with Gasteiger partial charge in [0, 0.05) is 39.8 Å². The minimum absolute atomic E-state index is 0.296. The van der Waals surface area contributed by atoms with E-state index in [1.807, 2.05) is 36.5 Å². The fourth-order valence-electron chi connectivity index (χ4n) is 3.86. The van der Waals surface area contributed by atoms with Crippen molar-refractivity contribution in [3.8, 4) is 33.8 Å². The number of aromatic amines is 3. The third kappa shape index (κ3) is 2.52. The summed E-state index contributed by atoms with van der Waals surface area (Å²) in [5.41, 5.74) is 6.58. The Bertz CT molecular complexity index is 1510. The van der Waals surface area contributed by atoms with Crippen LogP contribution in [0, 0.1) is 5.82 Å². The lowest BCUT2D eigenvalue weighted by Crippen LogP contribution is -1.87. The third-order valence-electron chi connectivity index (χ3n) is 5.33. The quantitative estimate of drug-likeness (QED) is 0.381. The van der Waals surface area contributed by atoms with E-state index in [1.165, 1.54) is 6.07 Å². The van der Waals surface area contributed by atoms with Crippen LogP contribution in [0.4, 0.5) is 4.39 Å². The first-order chi connectivity index (χ1) is 14.8. The maximum atomic E-state index is 14.4. The van der Waals surface area contributed by atoms with Gasteiger partial charge in [0.2, 0.25) is 0 Å². The Morgan fingerprint density at radius 2 is 1.73 bits per heavy atom. The van der Waals surface area contributed by atoms with Gasteiger partial charge in [0.25, 0.3) is 0 Å². The Balaban J connectivity index is 1.54. The first kappa shape index (κ1) is 16.7. The molecule has 0 unspecified atom stereocenters. The number of nitrogens with zero attached hydrogens (tertiary/aromatic N) is 3. The van der Waals surface area contributed by atoms with Crippen molar-refractivity contribution in [2.75, 3.05) is 0 Å². The molecule has 0 saturated carbocycles. The number of hydrogen-bond acceptors (Lipinski definition) is 3. The molecule has 30 heavy (non-hydrogen) atoms. The highest BCUT2D eigenvalue weighted by atomic mass is 19.1. The smallest absolute Gasteiger partial charge is 0.132 e. The zero-order valence-electron chi connectivity index (χ0n) is 15.6. The second kappa shape index (κ2) is 6.38. The van der Waals surface area contributed by atoms with Gasteiger partial charge in [-0.3, -0.25) is 15.2 Å². The van der Waals surface area contributed by atoms with Crippen LogP contribution < -0.4 is 0 Å². The number of pyridine rings is 1. The van der Waals surface area contributed by atoms with E-state index in [4.69, 9.17) is 0 Å². The SMILES string of the molecule is Fc1ccccc1-c1nccc2[nH]c(-c3n[nH]c4ccc(-c5cn[nH]c5)cc34)cc12. The van der Waals surface area contributed by atoms with Gasteiger partial charge in [-0.1, -0.05) is 18.2 Å². The Morgan fingerprint density at radius 1 is 0.833 bits per heavy atom. The summed E-state index contributed by atoms with van der Waals surface area (Å²) in [4.78, 5) is 7.85. The summed E-state index contributed by atoms with van der Waals surface area (Å²) in [6.45, 7) is 0. The molecule has 0 amide bonds. The van der Waals surface area contributed by atoms with Crippen LogP contribution in [-0.2, 0) is 0 Å². The largest absolute Gasteiger partial charge is 0.353 e. The highest BCUT2D eigenvalue weighted by molar-refractivity contribution is 6.00. The van der Waals surface area contributed by atoms with Crippen molar-refractivity contribution in [1.82, 2.24) is 30.4 Å². The van der Waals surface area contributed by atoms with Crippen LogP contribution in [0.25, 0.3) is 55.6 Å². The average Bonchev–Trinajstić information content (AvgIpc) is 3.51. The third-order valence-corrected chi connectivity index (χ3v) is 5.33. The summed E-state index contributed by atoms with van der Waals surface area (Å²) in [7, 11) is 0. The maximum absolute atomic E-state index is 14.4. The molecule has 0 aliphatic carbocycles. The fraction of sp³-hybridized carbons (Fsp3) is 0. The number of halogens is 1. The van der Waals surface area contributed by atoms with E-state index < -0.39 is 0 Å². The minimum Gasteiger partial charge on any atom is -0.353 e. The standard InChI is InChI=1S/C23H15FN6/c24-18-4-2-1-3-15(18)22-17-10-21(28-19(17)7-8-25-22)23-16-9-13(14-11-26-27-12-14)5-6-20(16)29-30-23/h1-12,28H,(H,26,27)(H,29,30). The molecular weight excluding hydrogens is 379 g/mol. The lowest BCUT2D eigenvalue weighted by atomic mass is 10.0. The van der Waals surface area contributed by atoms with Gasteiger partial charge in [-0.05, 0) is 42.0 Å². The van der Waals surface area contributed by atoms with E-state index in [9.17, 15) is 4.39 Å². The zero-order valence-corrected chi connectivity index (χ0v) is 15.6. The summed E-state index contributed by atoms with van der Waals surface area (Å²) in [5.74, 6) is -0.296. The molecule has 2 aromatic carbocycles. The lowest BCUT2D eigenvalue weighted by molar-refractivity contribution is 0.631. The number of hydrogen-bond donors (Lipinski definition) is 3. The van der Waals surface area contributed by atoms with Gasteiger partial charge in [-0.15, -0.1) is 0 Å². The van der Waals surface area contributed by atoms with Crippen molar-refractivity contribution in [3.05, 3.63) is 79.0 Å². The van der Waals surface area contributed by atoms with Gasteiger partial charge < -0.3 is 4.98 Å². The van der Waals surface area contributed by atoms with Crippen molar-refractivity contribution in [2.24, 2.45) is 0 Å². The van der Waals surface area contributed by atoms with Crippen LogP contribution in [-0.4, -0.2) is 30.4 Å². The Morgan fingerprint density at radius 3 is 2.60 bits per heavy atom. The molecule has 0 spiro atoms. The number of rotatable bonds is 3. The normalized spacial score (nSPS) is 11.5. The number of nitrogens with one attached hydrogen (secondary N) is 3. The molecule has 0 bridgehead atoms. The summed E-state index contributed by atoms with van der Waals surface area (Å²) in [5, 5.41) is 16.3. The first-order valence-electron chi connectivity index (χ1n) is 9.48. The number of fused-ring (bicyclic) bond motifs is 2. The highest BCUT2D eigenvalue weighted by Gasteiger charge is 2.16. The van der Waals surface area contributed by atoms with Crippen LogP contribution in [0.3, 0.4) is 0 Å². The van der Waals surface area contributed by atoms with Gasteiger partial charge in [-0.25, -0.2) is 4.39 Å². The second-order valence-corrected chi connectivity index (χ2v) is 7.10. The van der Waals surface area contributed by atoms with Crippen LogP contribution in [0.1, 0.15) is 0 Å². The molecule has 0 radical (unpaired) electrons. The van der Waals surface area contributed by atoms with Crippen LogP contribution in [0.15, 0.2) is 73.2 Å². The zero-order chi connectivity index (χ0) is 20.1. The predicted molar refractivity (Wildman–Crippen MR) is 114 cm³/mol. The van der Waals surface area contributed by atoms with Gasteiger partial charge in [0.15, 0.2) is 0 Å². The monoisotopic (exact) mass is 394 g/mol. The van der Waals surface area contributed by atoms with Crippen LogP contribution in [0.5, 0.6) is 0 Å². The molecule has 6 rings (SSSR count). The van der Waals surface area contributed by atoms with Crippen LogP contribution in [0.2, 0.25) is 0 Å². The van der Waals surface area contributed by atoms with Crippen molar-refractivity contribution in [3.63, 3.8) is 0 Å². The van der Waals surface area contributed by atoms with E-state index in [0.717, 1.165) is 44.3 Å². The van der Waals surface area contributed by atoms with Gasteiger partial charge in [0.1, 0.15) is 11.5 Å². The van der Waals surface area contributed by atoms with E-state index >= 15 is 0 Å². The van der Waals surface area contributed by atoms with Gasteiger partial charge >= 0.3 is 0 Å². The summed E-state index contributed by atoms with van der Waals surface area (Å²) < 4.78 is 14.4. The van der Waals surface area contributed by atoms with E-state index in [-0.39, 0.29) is 5.82 Å². The van der Waals surface area contributed by atoms with Crippen LogP contribution >= 0.6 is 0 Å². The number of aromatic nitrogens is 6. The minimum atomic E-state index is -0.296. The van der Waals surface area contributed by atoms with E-state index in [1.54, 1.807) is 24.5 Å². The van der Waals surface area contributed by atoms with Gasteiger partial charge in [-0.2, -0.15) is 10.2 Å². The molecular formula is C23H15FN6. The van der Waals surface area contributed by atoms with Gasteiger partial charge in [0.05, 0.1) is 23.1 Å². The molecule has 3 N–H and O–H groups in total. The topological polar surface area (TPSA) is 86.0 Å². The number of H-pyrrole nitrogens is 3. The molecule has 0 aliphatic rings. The summed E-state index contributed by atoms with van der Waals surface area (Å²) in [6.07, 6.45) is 5.33. The predicted octanol–water partition coefficient (Wildman–Crippen LogP) is 5.30. The molecule has 6 aromatic rings. The number of benzene rings is 2. The molecule has 4 heterocycles. The molecule has 144 valence electrons. The van der Waals surface area contributed by atoms with E-state index in [0.29, 0.717) is 11.3 Å². The molecule has 6 nitrogen and oxygen atoms in total. The van der Waals surface area contributed by atoms with E-state index in [2.05, 4.69) is 36.4 Å². The summed E-state index contributed by atoms with van der Waals surface area (Å²) in [6, 6.07) is 16.6. The highest BCUT2D eigenvalue weighted by Crippen LogP contribution is 2.34. The van der Waals surface area contributed by atoms with Crippen molar-refractivity contribution in [1.29, 1.82) is 0 Å². The Labute approximate surface area is 169 Å². The average molecular weight is 394 g/mol. The van der Waals surface area contributed by atoms with Crippen molar-refractivity contribution in [2.45, 2.75) is 0 Å². The molecule has 4 aromatic heterocycles. The molecule has 0 fully saturated rings. The Hall–Kier alpha value is -4.26. The maximum Gasteiger partial charge on any atom is 0.132 e. The second-order valence-electron chi connectivity index (χ2n) is 7.10. The van der Waals surface area contributed by atoms with Crippen molar-refractivity contribution >= 4 is 21.8 Å². The lowest BCUT2D eigenvalue weighted by Gasteiger charge is -2.03. The van der Waals surface area contributed by atoms with Crippen molar-refractivity contribution < 1.29 is 4.39 Å². The Kier molecular flexibility index (Phi) is 3.55.